The highest BCUT2D eigenvalue weighted by molar-refractivity contribution is 9.10. The Bertz CT molecular complexity index is 1060. The normalized spacial score (nSPS) is 13.0. The molecule has 5 nitrogen and oxygen atoms in total. The molecular weight excluding hydrogens is 396 g/mol. The van der Waals surface area contributed by atoms with Gasteiger partial charge in [0.05, 0.1) is 26.5 Å². The van der Waals surface area contributed by atoms with Crippen molar-refractivity contribution < 1.29 is 4.21 Å². The van der Waals surface area contributed by atoms with Crippen LogP contribution in [0.5, 0.6) is 0 Å². The minimum absolute atomic E-state index is 0.662. The fraction of sp³-hybridized carbons (Fsp3) is 0.133. The topological polar surface area (TPSA) is 71.5 Å². The first-order valence-electron chi connectivity index (χ1n) is 6.82. The molecule has 0 amide bonds. The van der Waals surface area contributed by atoms with E-state index in [1.54, 1.807) is 6.26 Å². The van der Waals surface area contributed by atoms with E-state index < -0.39 is 10.8 Å². The van der Waals surface area contributed by atoms with Gasteiger partial charge < -0.3 is 4.98 Å². The summed E-state index contributed by atoms with van der Waals surface area (Å²) in [6, 6.07) is 9.92. The summed E-state index contributed by atoms with van der Waals surface area (Å²) in [5.74, 6) is 0.869. The van der Waals surface area contributed by atoms with Gasteiger partial charge in [0, 0.05) is 12.7 Å². The van der Waals surface area contributed by atoms with E-state index in [4.69, 9.17) is 0 Å². The molecule has 0 saturated heterocycles. The molecule has 0 aliphatic carbocycles. The van der Waals surface area contributed by atoms with Gasteiger partial charge in [-0.2, -0.15) is 0 Å². The molecule has 116 valence electrons. The molecule has 23 heavy (non-hydrogen) atoms. The van der Waals surface area contributed by atoms with E-state index in [-0.39, 0.29) is 0 Å². The quantitative estimate of drug-likeness (QED) is 0.526. The molecule has 0 bridgehead atoms. The fourth-order valence-electron chi connectivity index (χ4n) is 2.38. The standard InChI is InChI=1S/C15H11BrN4OS2/c1-23(21)15-18-9-3-2-8(6-11(9)22-15)7-13-17-10-4-5-12(16)19-14(10)20-13/h2-6H,7H2,1H3,(H,17,19,20). The van der Waals surface area contributed by atoms with Crippen molar-refractivity contribution in [3.8, 4) is 0 Å². The van der Waals surface area contributed by atoms with E-state index in [9.17, 15) is 4.21 Å². The SMILES string of the molecule is CS(=O)c1nc2ccc(Cc3nc4nc(Br)ccc4[nH]3)cc2s1. The van der Waals surface area contributed by atoms with Crippen molar-refractivity contribution in [3.05, 3.63) is 46.3 Å². The summed E-state index contributed by atoms with van der Waals surface area (Å²) >= 11 is 4.83. The highest BCUT2D eigenvalue weighted by Crippen LogP contribution is 2.26. The van der Waals surface area contributed by atoms with Gasteiger partial charge in [-0.25, -0.2) is 15.0 Å². The highest BCUT2D eigenvalue weighted by Gasteiger charge is 2.09. The second-order valence-electron chi connectivity index (χ2n) is 5.10. The van der Waals surface area contributed by atoms with Crippen molar-refractivity contribution in [2.45, 2.75) is 10.8 Å². The van der Waals surface area contributed by atoms with E-state index in [2.05, 4.69) is 41.9 Å². The molecule has 8 heteroatoms. The summed E-state index contributed by atoms with van der Waals surface area (Å²) in [5, 5.41) is 0. The summed E-state index contributed by atoms with van der Waals surface area (Å²) in [5.41, 5.74) is 3.65. The van der Waals surface area contributed by atoms with Crippen molar-refractivity contribution >= 4 is 59.4 Å². The van der Waals surface area contributed by atoms with Gasteiger partial charge in [0.2, 0.25) is 0 Å². The van der Waals surface area contributed by atoms with Gasteiger partial charge in [-0.3, -0.25) is 4.21 Å². The van der Waals surface area contributed by atoms with Crippen LogP contribution >= 0.6 is 27.3 Å². The van der Waals surface area contributed by atoms with E-state index in [1.165, 1.54) is 11.3 Å². The van der Waals surface area contributed by atoms with Crippen LogP contribution in [0.1, 0.15) is 11.4 Å². The average Bonchev–Trinajstić information content (AvgIpc) is 3.09. The number of nitrogens with zero attached hydrogens (tertiary/aromatic N) is 3. The summed E-state index contributed by atoms with van der Waals surface area (Å²) in [4.78, 5) is 16.5. The van der Waals surface area contributed by atoms with Gasteiger partial charge in [-0.05, 0) is 45.8 Å². The molecule has 0 spiro atoms. The molecule has 0 radical (unpaired) electrons. The van der Waals surface area contributed by atoms with Gasteiger partial charge >= 0.3 is 0 Å². The zero-order valence-electron chi connectivity index (χ0n) is 12.0. The molecule has 1 N–H and O–H groups in total. The second kappa shape index (κ2) is 5.77. The smallest absolute Gasteiger partial charge is 0.181 e. The summed E-state index contributed by atoms with van der Waals surface area (Å²) in [7, 11) is -1.04. The molecule has 0 aliphatic heterocycles. The molecule has 1 aromatic carbocycles. The monoisotopic (exact) mass is 406 g/mol. The number of thiazole rings is 1. The molecule has 0 saturated carbocycles. The third-order valence-corrected chi connectivity index (χ3v) is 6.20. The Hall–Kier alpha value is -1.64. The van der Waals surface area contributed by atoms with Crippen molar-refractivity contribution in [2.24, 2.45) is 0 Å². The maximum absolute atomic E-state index is 11.6. The van der Waals surface area contributed by atoms with Crippen LogP contribution in [0.15, 0.2) is 39.3 Å². The van der Waals surface area contributed by atoms with Crippen LogP contribution < -0.4 is 0 Å². The third kappa shape index (κ3) is 2.93. The Balaban J connectivity index is 1.69. The molecule has 4 aromatic rings. The number of aromatic nitrogens is 4. The van der Waals surface area contributed by atoms with E-state index in [0.29, 0.717) is 16.4 Å². The first-order chi connectivity index (χ1) is 11.1. The van der Waals surface area contributed by atoms with E-state index in [1.807, 2.05) is 24.3 Å². The molecule has 3 aromatic heterocycles. The Morgan fingerprint density at radius 3 is 2.91 bits per heavy atom. The number of imidazole rings is 1. The van der Waals surface area contributed by atoms with Gasteiger partial charge in [-0.15, -0.1) is 11.3 Å². The third-order valence-electron chi connectivity index (χ3n) is 3.41. The Morgan fingerprint density at radius 2 is 2.09 bits per heavy atom. The van der Waals surface area contributed by atoms with Crippen LogP contribution in [0.25, 0.3) is 21.4 Å². The van der Waals surface area contributed by atoms with Gasteiger partial charge in [0.15, 0.2) is 9.99 Å². The number of nitrogens with one attached hydrogen (secondary N) is 1. The zero-order chi connectivity index (χ0) is 16.0. The van der Waals surface area contributed by atoms with Crippen molar-refractivity contribution in [3.63, 3.8) is 0 Å². The number of fused-ring (bicyclic) bond motifs is 2. The lowest BCUT2D eigenvalue weighted by Gasteiger charge is -1.97. The van der Waals surface area contributed by atoms with E-state index >= 15 is 0 Å². The maximum Gasteiger partial charge on any atom is 0.181 e. The number of H-pyrrole nitrogens is 1. The summed E-state index contributed by atoms with van der Waals surface area (Å²) in [6.45, 7) is 0. The van der Waals surface area contributed by atoms with Crippen molar-refractivity contribution in [1.29, 1.82) is 0 Å². The Kier molecular flexibility index (Phi) is 3.74. The molecular formula is C15H11BrN4OS2. The summed E-state index contributed by atoms with van der Waals surface area (Å²) < 4.78 is 14.0. The first-order valence-corrected chi connectivity index (χ1v) is 9.99. The largest absolute Gasteiger partial charge is 0.340 e. The lowest BCUT2D eigenvalue weighted by atomic mass is 10.1. The van der Waals surface area contributed by atoms with Crippen molar-refractivity contribution in [2.75, 3.05) is 6.26 Å². The molecule has 1 unspecified atom stereocenters. The lowest BCUT2D eigenvalue weighted by Crippen LogP contribution is -1.90. The van der Waals surface area contributed by atoms with Gasteiger partial charge in [0.1, 0.15) is 10.4 Å². The maximum atomic E-state index is 11.6. The highest BCUT2D eigenvalue weighted by atomic mass is 79.9. The molecule has 3 heterocycles. The second-order valence-corrected chi connectivity index (χ2v) is 8.50. The Morgan fingerprint density at radius 1 is 1.22 bits per heavy atom. The number of rotatable bonds is 3. The van der Waals surface area contributed by atoms with Crippen LogP contribution in [0.4, 0.5) is 0 Å². The molecule has 0 fully saturated rings. The summed E-state index contributed by atoms with van der Waals surface area (Å²) in [6.07, 6.45) is 2.34. The van der Waals surface area contributed by atoms with Crippen molar-refractivity contribution in [1.82, 2.24) is 19.9 Å². The number of pyridine rings is 1. The minimum Gasteiger partial charge on any atom is -0.340 e. The first kappa shape index (κ1) is 14.9. The van der Waals surface area contributed by atoms with Crippen LogP contribution in [0.3, 0.4) is 0 Å². The van der Waals surface area contributed by atoms with Gasteiger partial charge in [0.25, 0.3) is 0 Å². The molecule has 4 rings (SSSR count). The number of hydrogen-bond acceptors (Lipinski definition) is 5. The average molecular weight is 407 g/mol. The molecule has 0 aliphatic rings. The van der Waals surface area contributed by atoms with Gasteiger partial charge in [-0.1, -0.05) is 6.07 Å². The van der Waals surface area contributed by atoms with Crippen LogP contribution in [-0.4, -0.2) is 30.4 Å². The van der Waals surface area contributed by atoms with Crippen LogP contribution in [-0.2, 0) is 17.2 Å². The minimum atomic E-state index is -1.04. The van der Waals surface area contributed by atoms with Crippen LogP contribution in [0.2, 0.25) is 0 Å². The zero-order valence-corrected chi connectivity index (χ0v) is 15.3. The fourth-order valence-corrected chi connectivity index (χ4v) is 4.40. The van der Waals surface area contributed by atoms with E-state index in [0.717, 1.165) is 31.7 Å². The number of hydrogen-bond donors (Lipinski definition) is 1. The Labute approximate surface area is 146 Å². The number of aromatic amines is 1. The van der Waals surface area contributed by atoms with Crippen LogP contribution in [0, 0.1) is 0 Å². The predicted molar refractivity (Wildman–Crippen MR) is 96.3 cm³/mol. The lowest BCUT2D eigenvalue weighted by molar-refractivity contribution is 0.686. The molecule has 1 atom stereocenters. The predicted octanol–water partition coefficient (Wildman–Crippen LogP) is 3.66. The number of halogens is 1. The number of benzene rings is 1.